The number of imidazole rings is 2. The zero-order chi connectivity index (χ0) is 33.6. The number of aromatic amines is 1. The summed E-state index contributed by atoms with van der Waals surface area (Å²) in [5.41, 5.74) is 4.91. The average Bonchev–Trinajstić information content (AvgIpc) is 3.70. The van der Waals surface area contributed by atoms with Crippen molar-refractivity contribution < 1.29 is 56.0 Å². The molecule has 3 fully saturated rings. The average molecular weight is 763 g/mol. The van der Waals surface area contributed by atoms with Crippen LogP contribution in [0.3, 0.4) is 0 Å². The fraction of sp³-hybridized carbons (Fsp3) is 0.455. The molecule has 6 unspecified atom stereocenters. The minimum atomic E-state index is -5.19. The Morgan fingerprint density at radius 1 is 0.979 bits per heavy atom. The number of halogens is 4. The maximum atomic E-state index is 15.9. The highest BCUT2D eigenvalue weighted by atomic mass is 35.5. The van der Waals surface area contributed by atoms with E-state index in [1.807, 2.05) is 0 Å². The lowest BCUT2D eigenvalue weighted by Gasteiger charge is -2.26. The summed E-state index contributed by atoms with van der Waals surface area (Å²) in [5, 5.41) is 11.1. The number of rotatable bonds is 2. The van der Waals surface area contributed by atoms with Crippen LogP contribution in [-0.2, 0) is 36.7 Å². The summed E-state index contributed by atoms with van der Waals surface area (Å²) in [4.78, 5) is 47.8. The Kier molecular flexibility index (Phi) is 8.46. The van der Waals surface area contributed by atoms with Gasteiger partial charge in [-0.25, -0.2) is 23.5 Å². The third kappa shape index (κ3) is 6.00. The monoisotopic (exact) mass is 761 g/mol. The molecule has 6 N–H and O–H groups in total. The molecular formula is C22H21Cl3FN7O12P2. The van der Waals surface area contributed by atoms with Crippen LogP contribution in [0.15, 0.2) is 23.3 Å². The Balaban J connectivity index is 1.22. The van der Waals surface area contributed by atoms with Crippen molar-refractivity contribution in [1.29, 1.82) is 0 Å². The number of nitrogens with zero attached hydrogens (tertiary/aromatic N) is 5. The summed E-state index contributed by atoms with van der Waals surface area (Å²) in [7, 11) is -10.4. The Bertz CT molecular complexity index is 2050. The fourth-order valence-electron chi connectivity index (χ4n) is 5.49. The van der Waals surface area contributed by atoms with E-state index in [4.69, 9.17) is 68.1 Å². The Hall–Kier alpha value is -2.26. The van der Waals surface area contributed by atoms with Crippen LogP contribution in [0, 0.1) is 0 Å². The molecule has 7 rings (SSSR count). The number of nitrogen functional groups attached to an aromatic ring is 1. The van der Waals surface area contributed by atoms with Gasteiger partial charge in [0.15, 0.2) is 29.8 Å². The summed E-state index contributed by atoms with van der Waals surface area (Å²) < 4.78 is 76.6. The van der Waals surface area contributed by atoms with Crippen LogP contribution < -0.4 is 11.3 Å². The lowest BCUT2D eigenvalue weighted by atomic mass is 10.1. The molecule has 0 spiro atoms. The van der Waals surface area contributed by atoms with Gasteiger partial charge in [0, 0.05) is 0 Å². The van der Waals surface area contributed by atoms with Crippen LogP contribution in [-0.4, -0.2) is 93.9 Å². The van der Waals surface area contributed by atoms with Crippen molar-refractivity contribution in [2.75, 3.05) is 18.9 Å². The number of anilines is 1. The SMILES string of the molecule is Nc1nc2c(ncn2[C@@H]2O[C@@H]3COP(=O)(O)OC4C(O)[C@@H](COP(=O)(O)OC3C2F)O[C@H]4n2c(Cl)nc3cc(Cl)c(Cl)cc32)c(=O)[nH]1. The number of ether oxygens (including phenoxy) is 2. The second-order valence-electron chi connectivity index (χ2n) is 10.5. The van der Waals surface area contributed by atoms with Crippen molar-refractivity contribution in [3.63, 3.8) is 0 Å². The van der Waals surface area contributed by atoms with Gasteiger partial charge in [-0.3, -0.25) is 37.0 Å². The van der Waals surface area contributed by atoms with Crippen LogP contribution in [0.1, 0.15) is 12.5 Å². The molecule has 3 aliphatic rings. The van der Waals surface area contributed by atoms with Gasteiger partial charge in [-0.2, -0.15) is 4.98 Å². The molecule has 3 aromatic heterocycles. The first kappa shape index (κ1) is 33.2. The number of phosphoric acid groups is 2. The molecule has 19 nitrogen and oxygen atoms in total. The van der Waals surface area contributed by atoms with E-state index in [-0.39, 0.29) is 43.5 Å². The van der Waals surface area contributed by atoms with E-state index in [0.717, 1.165) is 10.9 Å². The smallest absolute Gasteiger partial charge is 0.387 e. The molecule has 0 radical (unpaired) electrons. The highest BCUT2D eigenvalue weighted by Crippen LogP contribution is 2.54. The van der Waals surface area contributed by atoms with E-state index < -0.39 is 83.6 Å². The van der Waals surface area contributed by atoms with Crippen molar-refractivity contribution in [3.8, 4) is 0 Å². The van der Waals surface area contributed by atoms with Gasteiger partial charge in [0.2, 0.25) is 11.2 Å². The number of aliphatic hydroxyl groups excluding tert-OH is 1. The molecule has 0 aliphatic carbocycles. The molecule has 6 heterocycles. The quantitative estimate of drug-likeness (QED) is 0.183. The van der Waals surface area contributed by atoms with Gasteiger partial charge in [0.1, 0.15) is 30.5 Å². The molecule has 2 bridgehead atoms. The molecule has 1 aromatic carbocycles. The predicted octanol–water partition coefficient (Wildman–Crippen LogP) is 2.22. The molecule has 254 valence electrons. The van der Waals surface area contributed by atoms with Crippen LogP contribution in [0.4, 0.5) is 10.3 Å². The molecular weight excluding hydrogens is 742 g/mol. The standard InChI is InChI=1S/C22H21Cl3FN7O12P2/c23-6-1-8-9(2-7(6)24)33(21(25)29-8)20-16-14(34)10(42-20)3-40-46(36,37)44-15-11(4-41-47(38,39)45-16)43-19(12(15)26)32-5-28-13-17(32)30-22(27)31-18(13)35/h1-2,5,10-12,14-16,19-20,34H,3-4H2,(H,36,37)(H,38,39)(H3,27,30,31,35)/t10-,11-,12?,14?,15?,16?,19-,20-/m1/s1. The van der Waals surface area contributed by atoms with E-state index >= 15 is 4.39 Å². The lowest BCUT2D eigenvalue weighted by Crippen LogP contribution is -2.35. The van der Waals surface area contributed by atoms with Crippen LogP contribution in [0.25, 0.3) is 22.2 Å². The van der Waals surface area contributed by atoms with E-state index in [0.29, 0.717) is 0 Å². The van der Waals surface area contributed by atoms with Gasteiger partial charge in [0.25, 0.3) is 5.56 Å². The topological polar surface area (TPSA) is 258 Å². The van der Waals surface area contributed by atoms with Gasteiger partial charge in [-0.15, -0.1) is 0 Å². The molecule has 4 aromatic rings. The van der Waals surface area contributed by atoms with Crippen LogP contribution in [0.5, 0.6) is 0 Å². The minimum Gasteiger partial charge on any atom is -0.387 e. The number of nitrogens with one attached hydrogen (secondary N) is 1. The number of alkyl halides is 1. The predicted molar refractivity (Wildman–Crippen MR) is 157 cm³/mol. The third-order valence-electron chi connectivity index (χ3n) is 7.56. The first-order chi connectivity index (χ1) is 22.1. The molecule has 0 saturated carbocycles. The molecule has 47 heavy (non-hydrogen) atoms. The molecule has 10 atom stereocenters. The van der Waals surface area contributed by atoms with Gasteiger partial charge in [-0.05, 0) is 23.7 Å². The number of hydrogen-bond acceptors (Lipinski definition) is 14. The number of phosphoric ester groups is 2. The molecule has 0 amide bonds. The van der Waals surface area contributed by atoms with Crippen molar-refractivity contribution in [3.05, 3.63) is 44.1 Å². The number of hydrogen-bond donors (Lipinski definition) is 5. The van der Waals surface area contributed by atoms with E-state index in [9.17, 15) is 28.8 Å². The molecule has 3 aliphatic heterocycles. The molecule has 25 heteroatoms. The first-order valence-corrected chi connectivity index (χ1v) is 17.4. The summed E-state index contributed by atoms with van der Waals surface area (Å²) >= 11 is 18.6. The zero-order valence-corrected chi connectivity index (χ0v) is 27.1. The van der Waals surface area contributed by atoms with Crippen molar-refractivity contribution in [2.24, 2.45) is 0 Å². The Labute approximate surface area is 275 Å². The number of H-pyrrole nitrogens is 1. The summed E-state index contributed by atoms with van der Waals surface area (Å²) in [6, 6.07) is 2.77. The van der Waals surface area contributed by atoms with Gasteiger partial charge < -0.3 is 30.1 Å². The largest absolute Gasteiger partial charge is 0.472 e. The lowest BCUT2D eigenvalue weighted by molar-refractivity contribution is -0.0668. The number of nitrogens with two attached hydrogens (primary N) is 1. The summed E-state index contributed by atoms with van der Waals surface area (Å²) in [6.07, 6.45) is -13.2. The van der Waals surface area contributed by atoms with Crippen molar-refractivity contribution in [1.82, 2.24) is 29.1 Å². The van der Waals surface area contributed by atoms with Gasteiger partial charge >= 0.3 is 15.6 Å². The number of benzene rings is 1. The van der Waals surface area contributed by atoms with Gasteiger partial charge in [-0.1, -0.05) is 23.2 Å². The molecule has 3 saturated heterocycles. The second kappa shape index (κ2) is 12.0. The number of aliphatic hydroxyl groups is 1. The highest BCUT2D eigenvalue weighted by Gasteiger charge is 2.54. The minimum absolute atomic E-state index is 0.0925. The van der Waals surface area contributed by atoms with Crippen molar-refractivity contribution >= 4 is 78.6 Å². The number of aromatic nitrogens is 6. The van der Waals surface area contributed by atoms with E-state index in [1.165, 1.54) is 16.7 Å². The Morgan fingerprint density at radius 3 is 2.34 bits per heavy atom. The maximum absolute atomic E-state index is 15.9. The van der Waals surface area contributed by atoms with E-state index in [1.54, 1.807) is 0 Å². The summed E-state index contributed by atoms with van der Waals surface area (Å²) in [6.45, 7) is -1.83. The number of fused-ring (bicyclic) bond motifs is 5. The maximum Gasteiger partial charge on any atom is 0.472 e. The highest BCUT2D eigenvalue weighted by molar-refractivity contribution is 7.47. The fourth-order valence-corrected chi connectivity index (χ4v) is 7.97. The van der Waals surface area contributed by atoms with E-state index in [2.05, 4.69) is 19.9 Å². The van der Waals surface area contributed by atoms with Crippen LogP contribution in [0.2, 0.25) is 15.3 Å². The van der Waals surface area contributed by atoms with Gasteiger partial charge in [0.05, 0.1) is 40.6 Å². The normalized spacial score (nSPS) is 36.7. The van der Waals surface area contributed by atoms with Crippen LogP contribution >= 0.6 is 50.4 Å². The van der Waals surface area contributed by atoms with Crippen molar-refractivity contribution in [2.45, 2.75) is 49.1 Å². The summed E-state index contributed by atoms with van der Waals surface area (Å²) in [5.74, 6) is -0.319. The third-order valence-corrected chi connectivity index (χ3v) is 10.5. The first-order valence-electron chi connectivity index (χ1n) is 13.3. The zero-order valence-electron chi connectivity index (χ0n) is 23.0. The second-order valence-corrected chi connectivity index (χ2v) is 14.5. The Morgan fingerprint density at radius 2 is 1.62 bits per heavy atom.